The van der Waals surface area contributed by atoms with E-state index >= 15 is 0 Å². The minimum atomic E-state index is -0.778. The maximum absolute atomic E-state index is 12.0. The van der Waals surface area contributed by atoms with Crippen LogP contribution < -0.4 is 10.6 Å². The molecule has 1 rings (SSSR count). The number of esters is 1. The molecule has 23 heavy (non-hydrogen) atoms. The van der Waals surface area contributed by atoms with Crippen molar-refractivity contribution in [2.24, 2.45) is 0 Å². The molecule has 0 aliphatic rings. The number of carbonyl (C=O) groups is 4. The van der Waals surface area contributed by atoms with E-state index in [4.69, 9.17) is 4.74 Å². The van der Waals surface area contributed by atoms with E-state index in [-0.39, 0.29) is 18.0 Å². The molecule has 124 valence electrons. The van der Waals surface area contributed by atoms with E-state index in [1.54, 1.807) is 13.8 Å². The first kappa shape index (κ1) is 18.1. The zero-order valence-electron chi connectivity index (χ0n) is 13.2. The van der Waals surface area contributed by atoms with Gasteiger partial charge in [-0.2, -0.15) is 0 Å². The van der Waals surface area contributed by atoms with Crippen LogP contribution in [0.25, 0.3) is 0 Å². The van der Waals surface area contributed by atoms with Gasteiger partial charge in [0, 0.05) is 17.8 Å². The molecule has 0 saturated heterocycles. The monoisotopic (exact) mass is 321 g/mol. The van der Waals surface area contributed by atoms with Gasteiger partial charge in [0.1, 0.15) is 5.69 Å². The Morgan fingerprint density at radius 2 is 1.91 bits per heavy atom. The van der Waals surface area contributed by atoms with Crippen molar-refractivity contribution in [1.82, 2.24) is 15.6 Å². The van der Waals surface area contributed by atoms with Gasteiger partial charge in [-0.15, -0.1) is 6.58 Å². The van der Waals surface area contributed by atoms with Crippen LogP contribution in [0.2, 0.25) is 0 Å². The molecule has 1 heterocycles. The van der Waals surface area contributed by atoms with Gasteiger partial charge < -0.3 is 15.0 Å². The smallest absolute Gasteiger partial charge is 0.355 e. The summed E-state index contributed by atoms with van der Waals surface area (Å²) in [6, 6.07) is -0.711. The summed E-state index contributed by atoms with van der Waals surface area (Å²) in [6.07, 6.45) is 1.45. The molecule has 0 spiro atoms. The second-order valence-electron chi connectivity index (χ2n) is 4.80. The fourth-order valence-electron chi connectivity index (χ4n) is 2.06. The molecule has 1 aromatic rings. The molecule has 0 aromatic carbocycles. The van der Waals surface area contributed by atoms with Crippen molar-refractivity contribution < 1.29 is 23.9 Å². The molecule has 0 bridgehead atoms. The van der Waals surface area contributed by atoms with Crippen molar-refractivity contribution in [1.29, 1.82) is 0 Å². The Labute approximate surface area is 133 Å². The predicted molar refractivity (Wildman–Crippen MR) is 82.3 cm³/mol. The van der Waals surface area contributed by atoms with Gasteiger partial charge in [0.15, 0.2) is 12.4 Å². The van der Waals surface area contributed by atoms with Gasteiger partial charge in [-0.1, -0.05) is 6.08 Å². The Morgan fingerprint density at radius 1 is 1.26 bits per heavy atom. The number of ketones is 1. The number of aromatic amines is 1. The Hall–Kier alpha value is -2.90. The largest absolute Gasteiger partial charge is 0.451 e. The zero-order chi connectivity index (χ0) is 17.6. The van der Waals surface area contributed by atoms with Crippen LogP contribution in [-0.2, 0) is 9.53 Å². The molecular formula is C15H19N3O5. The van der Waals surface area contributed by atoms with Gasteiger partial charge in [0.05, 0.1) is 0 Å². The Balaban J connectivity index is 2.62. The third kappa shape index (κ3) is 4.80. The summed E-state index contributed by atoms with van der Waals surface area (Å²) in [6.45, 7) is 7.67. The molecule has 3 N–H and O–H groups in total. The van der Waals surface area contributed by atoms with Crippen LogP contribution in [0.3, 0.4) is 0 Å². The van der Waals surface area contributed by atoms with Crippen LogP contribution in [0.15, 0.2) is 12.7 Å². The number of nitrogens with one attached hydrogen (secondary N) is 3. The first-order valence-corrected chi connectivity index (χ1v) is 6.83. The van der Waals surface area contributed by atoms with Gasteiger partial charge in [0.2, 0.25) is 0 Å². The molecule has 0 saturated carbocycles. The summed E-state index contributed by atoms with van der Waals surface area (Å²) >= 11 is 0. The van der Waals surface area contributed by atoms with Gasteiger partial charge >= 0.3 is 12.0 Å². The first-order chi connectivity index (χ1) is 10.8. The van der Waals surface area contributed by atoms with Crippen LogP contribution in [0.1, 0.15) is 39.0 Å². The summed E-state index contributed by atoms with van der Waals surface area (Å²) in [5.41, 5.74) is 1.54. The van der Waals surface area contributed by atoms with E-state index in [0.29, 0.717) is 16.8 Å². The highest BCUT2D eigenvalue weighted by atomic mass is 16.5. The standard InChI is InChI=1S/C15H19N3O5/c1-5-6-16-15(22)18-11(20)7-23-14(21)13-8(2)12(10(4)19)9(3)17-13/h5,17H,1,6-7H2,2-4H3,(H2,16,18,20,22). The van der Waals surface area contributed by atoms with Crippen molar-refractivity contribution >= 4 is 23.7 Å². The van der Waals surface area contributed by atoms with Gasteiger partial charge in [0.25, 0.3) is 5.91 Å². The molecular weight excluding hydrogens is 302 g/mol. The number of Topliss-reactive ketones (excluding diaryl/α,β-unsaturated/α-hetero) is 1. The normalized spacial score (nSPS) is 9.87. The van der Waals surface area contributed by atoms with Gasteiger partial charge in [-0.25, -0.2) is 9.59 Å². The summed E-state index contributed by atoms with van der Waals surface area (Å²) in [4.78, 5) is 48.9. The molecule has 8 nitrogen and oxygen atoms in total. The Morgan fingerprint density at radius 3 is 2.43 bits per heavy atom. The molecule has 0 aliphatic carbocycles. The van der Waals surface area contributed by atoms with Crippen molar-refractivity contribution in [3.8, 4) is 0 Å². The highest BCUT2D eigenvalue weighted by molar-refractivity contribution is 6.02. The van der Waals surface area contributed by atoms with Crippen molar-refractivity contribution in [3.05, 3.63) is 35.2 Å². The third-order valence-corrected chi connectivity index (χ3v) is 2.99. The number of aryl methyl sites for hydroxylation is 1. The predicted octanol–water partition coefficient (Wildman–Crippen LogP) is 1.00. The first-order valence-electron chi connectivity index (χ1n) is 6.83. The molecule has 0 unspecified atom stereocenters. The number of amides is 3. The fraction of sp³-hybridized carbons (Fsp3) is 0.333. The molecule has 0 radical (unpaired) electrons. The summed E-state index contributed by atoms with van der Waals surface area (Å²) in [7, 11) is 0. The SMILES string of the molecule is C=CCNC(=O)NC(=O)COC(=O)c1[nH]c(C)c(C(C)=O)c1C. The molecule has 8 heteroatoms. The van der Waals surface area contributed by atoms with Crippen molar-refractivity contribution in [2.75, 3.05) is 13.2 Å². The molecule has 1 aromatic heterocycles. The number of hydrogen-bond acceptors (Lipinski definition) is 5. The molecule has 0 fully saturated rings. The number of carbonyl (C=O) groups excluding carboxylic acids is 4. The highest BCUT2D eigenvalue weighted by Crippen LogP contribution is 2.19. The number of ether oxygens (including phenoxy) is 1. The van der Waals surface area contributed by atoms with Crippen LogP contribution in [-0.4, -0.2) is 41.8 Å². The molecule has 0 aliphatic heterocycles. The number of urea groups is 1. The minimum Gasteiger partial charge on any atom is -0.451 e. The van der Waals surface area contributed by atoms with Crippen LogP contribution in [0, 0.1) is 13.8 Å². The highest BCUT2D eigenvalue weighted by Gasteiger charge is 2.21. The Kier molecular flexibility index (Phi) is 6.25. The maximum Gasteiger partial charge on any atom is 0.355 e. The van der Waals surface area contributed by atoms with E-state index in [1.807, 2.05) is 5.32 Å². The average molecular weight is 321 g/mol. The molecule has 0 atom stereocenters. The zero-order valence-corrected chi connectivity index (χ0v) is 13.2. The second-order valence-corrected chi connectivity index (χ2v) is 4.80. The van der Waals surface area contributed by atoms with E-state index in [1.165, 1.54) is 13.0 Å². The van der Waals surface area contributed by atoms with Gasteiger partial charge in [-0.05, 0) is 26.3 Å². The van der Waals surface area contributed by atoms with Crippen molar-refractivity contribution in [2.45, 2.75) is 20.8 Å². The number of rotatable bonds is 6. The number of aromatic nitrogens is 1. The summed E-state index contributed by atoms with van der Waals surface area (Å²) in [5.74, 6) is -1.72. The lowest BCUT2D eigenvalue weighted by atomic mass is 10.1. The van der Waals surface area contributed by atoms with E-state index < -0.39 is 24.5 Å². The van der Waals surface area contributed by atoms with Gasteiger partial charge in [-0.3, -0.25) is 14.9 Å². The number of imide groups is 1. The average Bonchev–Trinajstić information content (AvgIpc) is 2.77. The topological polar surface area (TPSA) is 117 Å². The molecule has 3 amide bonds. The fourth-order valence-corrected chi connectivity index (χ4v) is 2.06. The lowest BCUT2D eigenvalue weighted by Crippen LogP contribution is -2.41. The lowest BCUT2D eigenvalue weighted by molar-refractivity contribution is -0.123. The maximum atomic E-state index is 12.0. The second kappa shape index (κ2) is 7.92. The minimum absolute atomic E-state index is 0.108. The van der Waals surface area contributed by atoms with E-state index in [9.17, 15) is 19.2 Å². The quantitative estimate of drug-likeness (QED) is 0.410. The Bertz CT molecular complexity index is 660. The lowest BCUT2D eigenvalue weighted by Gasteiger charge is -2.06. The van der Waals surface area contributed by atoms with Crippen molar-refractivity contribution in [3.63, 3.8) is 0 Å². The van der Waals surface area contributed by atoms with E-state index in [2.05, 4.69) is 16.9 Å². The van der Waals surface area contributed by atoms with E-state index in [0.717, 1.165) is 0 Å². The third-order valence-electron chi connectivity index (χ3n) is 2.99. The van der Waals surface area contributed by atoms with Crippen LogP contribution in [0.5, 0.6) is 0 Å². The van der Waals surface area contributed by atoms with Crippen LogP contribution in [0.4, 0.5) is 4.79 Å². The number of hydrogen-bond donors (Lipinski definition) is 3. The number of H-pyrrole nitrogens is 1. The summed E-state index contributed by atoms with van der Waals surface area (Å²) in [5, 5.41) is 4.33. The van der Waals surface area contributed by atoms with Crippen LogP contribution >= 0.6 is 0 Å². The summed E-state index contributed by atoms with van der Waals surface area (Å²) < 4.78 is 4.83.